The largest absolute Gasteiger partial charge is 0.491 e. The topological polar surface area (TPSA) is 68.9 Å². The van der Waals surface area contributed by atoms with Crippen LogP contribution < -0.4 is 4.74 Å². The van der Waals surface area contributed by atoms with Gasteiger partial charge in [0.05, 0.1) is 18.4 Å². The molecule has 0 saturated carbocycles. The molecule has 0 atom stereocenters. The normalized spacial score (nSPS) is 10.3. The van der Waals surface area contributed by atoms with Gasteiger partial charge in [-0.3, -0.25) is 0 Å². The van der Waals surface area contributed by atoms with Crippen molar-refractivity contribution in [3.05, 3.63) is 54.0 Å². The highest BCUT2D eigenvalue weighted by Crippen LogP contribution is 2.13. The van der Waals surface area contributed by atoms with Gasteiger partial charge < -0.3 is 19.0 Å². The summed E-state index contributed by atoms with van der Waals surface area (Å²) in [5, 5.41) is 8.83. The van der Waals surface area contributed by atoms with Crippen LogP contribution in [0.2, 0.25) is 0 Å². The van der Waals surface area contributed by atoms with Crippen molar-refractivity contribution < 1.29 is 23.8 Å². The lowest BCUT2D eigenvalue weighted by Gasteiger charge is -2.07. The number of hydrogen-bond acceptors (Lipinski definition) is 4. The third kappa shape index (κ3) is 4.15. The van der Waals surface area contributed by atoms with Crippen molar-refractivity contribution in [1.82, 2.24) is 0 Å². The molecule has 1 N–H and O–H groups in total. The summed E-state index contributed by atoms with van der Waals surface area (Å²) in [5.74, 6) is 0.300. The number of aromatic carboxylic acids is 1. The first-order valence-corrected chi connectivity index (χ1v) is 5.82. The zero-order valence-corrected chi connectivity index (χ0v) is 10.2. The quantitative estimate of drug-likeness (QED) is 0.777. The van der Waals surface area contributed by atoms with Crippen LogP contribution in [0.1, 0.15) is 16.1 Å². The molecule has 0 aliphatic rings. The second-order valence-electron chi connectivity index (χ2n) is 3.81. The fraction of sp³-hybridized carbons (Fsp3) is 0.214. The monoisotopic (exact) mass is 262 g/mol. The van der Waals surface area contributed by atoms with Crippen LogP contribution in [-0.4, -0.2) is 24.3 Å². The number of furan rings is 1. The second-order valence-corrected chi connectivity index (χ2v) is 3.81. The molecule has 1 aromatic heterocycles. The number of carbonyl (C=O) groups is 1. The van der Waals surface area contributed by atoms with Gasteiger partial charge in [-0.25, -0.2) is 4.79 Å². The first-order chi connectivity index (χ1) is 9.25. The molecule has 0 saturated heterocycles. The molecular weight excluding hydrogens is 248 g/mol. The van der Waals surface area contributed by atoms with Crippen LogP contribution >= 0.6 is 0 Å². The zero-order chi connectivity index (χ0) is 13.5. The third-order valence-electron chi connectivity index (χ3n) is 2.40. The summed E-state index contributed by atoms with van der Waals surface area (Å²) in [6.45, 7) is 1.15. The van der Waals surface area contributed by atoms with Gasteiger partial charge in [0, 0.05) is 0 Å². The maximum absolute atomic E-state index is 10.8. The van der Waals surface area contributed by atoms with E-state index >= 15 is 0 Å². The molecule has 0 amide bonds. The van der Waals surface area contributed by atoms with Crippen LogP contribution in [0.3, 0.4) is 0 Å². The van der Waals surface area contributed by atoms with Gasteiger partial charge in [-0.15, -0.1) is 0 Å². The van der Waals surface area contributed by atoms with E-state index in [1.54, 1.807) is 24.5 Å². The molecule has 1 aromatic carbocycles. The number of carboxylic acid groups (broad SMARTS) is 1. The van der Waals surface area contributed by atoms with Gasteiger partial charge >= 0.3 is 5.97 Å². The lowest BCUT2D eigenvalue weighted by atomic mass is 10.2. The van der Waals surface area contributed by atoms with Crippen LogP contribution in [0, 0.1) is 0 Å². The molecule has 19 heavy (non-hydrogen) atoms. The van der Waals surface area contributed by atoms with Gasteiger partial charge in [0.2, 0.25) is 0 Å². The molecule has 5 heteroatoms. The van der Waals surface area contributed by atoms with Crippen molar-refractivity contribution in [3.63, 3.8) is 0 Å². The Balaban J connectivity index is 1.70. The molecular formula is C14H14O5. The number of rotatable bonds is 7. The Kier molecular flexibility index (Phi) is 4.58. The molecule has 2 rings (SSSR count). The first kappa shape index (κ1) is 13.2. The van der Waals surface area contributed by atoms with E-state index in [9.17, 15) is 4.79 Å². The fourth-order valence-electron chi connectivity index (χ4n) is 1.50. The van der Waals surface area contributed by atoms with Gasteiger partial charge in [0.1, 0.15) is 24.7 Å². The highest BCUT2D eigenvalue weighted by molar-refractivity contribution is 5.87. The van der Waals surface area contributed by atoms with E-state index in [4.69, 9.17) is 19.0 Å². The summed E-state index contributed by atoms with van der Waals surface area (Å²) in [6, 6.07) is 9.97. The first-order valence-electron chi connectivity index (χ1n) is 5.82. The molecule has 1 heterocycles. The molecule has 100 valence electrons. The lowest BCUT2D eigenvalue weighted by Crippen LogP contribution is -2.07. The highest BCUT2D eigenvalue weighted by atomic mass is 16.5. The SMILES string of the molecule is O=C(O)c1cccc(OCCOCc2ccco2)c1. The summed E-state index contributed by atoms with van der Waals surface area (Å²) < 4.78 is 15.8. The van der Waals surface area contributed by atoms with Gasteiger partial charge in [-0.2, -0.15) is 0 Å². The fourth-order valence-corrected chi connectivity index (χ4v) is 1.50. The molecule has 0 spiro atoms. The molecule has 2 aromatic rings. The maximum Gasteiger partial charge on any atom is 0.335 e. The van der Waals surface area contributed by atoms with Crippen molar-refractivity contribution in [1.29, 1.82) is 0 Å². The predicted molar refractivity (Wildman–Crippen MR) is 67.3 cm³/mol. The second kappa shape index (κ2) is 6.61. The zero-order valence-electron chi connectivity index (χ0n) is 10.2. The molecule has 0 aliphatic heterocycles. The van der Waals surface area contributed by atoms with E-state index in [-0.39, 0.29) is 5.56 Å². The van der Waals surface area contributed by atoms with E-state index in [2.05, 4.69) is 0 Å². The van der Waals surface area contributed by atoms with Crippen LogP contribution in [0.4, 0.5) is 0 Å². The Morgan fingerprint density at radius 2 is 2.11 bits per heavy atom. The summed E-state index contributed by atoms with van der Waals surface area (Å²) >= 11 is 0. The molecule has 0 radical (unpaired) electrons. The number of ether oxygens (including phenoxy) is 2. The standard InChI is InChI=1S/C14H14O5/c15-14(16)11-3-1-4-12(9-11)19-8-7-17-10-13-5-2-6-18-13/h1-6,9H,7-8,10H2,(H,15,16). The number of carboxylic acids is 1. The van der Waals surface area contributed by atoms with E-state index < -0.39 is 5.97 Å². The van der Waals surface area contributed by atoms with E-state index in [1.165, 1.54) is 12.1 Å². The third-order valence-corrected chi connectivity index (χ3v) is 2.40. The smallest absolute Gasteiger partial charge is 0.335 e. The van der Waals surface area contributed by atoms with Gasteiger partial charge in [0.25, 0.3) is 0 Å². The minimum atomic E-state index is -0.973. The maximum atomic E-state index is 10.8. The van der Waals surface area contributed by atoms with Crippen molar-refractivity contribution in [3.8, 4) is 5.75 Å². The van der Waals surface area contributed by atoms with Crippen LogP contribution in [0.5, 0.6) is 5.75 Å². The molecule has 5 nitrogen and oxygen atoms in total. The van der Waals surface area contributed by atoms with E-state index in [0.29, 0.717) is 25.6 Å². The van der Waals surface area contributed by atoms with Crippen molar-refractivity contribution in [2.45, 2.75) is 6.61 Å². The summed E-state index contributed by atoms with van der Waals surface area (Å²) in [7, 11) is 0. The summed E-state index contributed by atoms with van der Waals surface area (Å²) in [6.07, 6.45) is 1.59. The van der Waals surface area contributed by atoms with Gasteiger partial charge in [0.15, 0.2) is 0 Å². The van der Waals surface area contributed by atoms with Crippen LogP contribution in [0.15, 0.2) is 47.1 Å². The van der Waals surface area contributed by atoms with Crippen molar-refractivity contribution in [2.24, 2.45) is 0 Å². The minimum absolute atomic E-state index is 0.203. The molecule has 0 aliphatic carbocycles. The highest BCUT2D eigenvalue weighted by Gasteiger charge is 2.03. The molecule has 0 fully saturated rings. The Morgan fingerprint density at radius 3 is 2.84 bits per heavy atom. The van der Waals surface area contributed by atoms with Crippen LogP contribution in [0.25, 0.3) is 0 Å². The number of hydrogen-bond donors (Lipinski definition) is 1. The summed E-state index contributed by atoms with van der Waals surface area (Å²) in [4.78, 5) is 10.8. The molecule has 0 bridgehead atoms. The Morgan fingerprint density at radius 1 is 1.21 bits per heavy atom. The molecule has 0 unspecified atom stereocenters. The van der Waals surface area contributed by atoms with Crippen molar-refractivity contribution >= 4 is 5.97 Å². The van der Waals surface area contributed by atoms with Gasteiger partial charge in [-0.1, -0.05) is 6.07 Å². The van der Waals surface area contributed by atoms with Crippen LogP contribution in [-0.2, 0) is 11.3 Å². The number of benzene rings is 1. The van der Waals surface area contributed by atoms with E-state index in [1.807, 2.05) is 6.07 Å². The van der Waals surface area contributed by atoms with Crippen molar-refractivity contribution in [2.75, 3.05) is 13.2 Å². The average molecular weight is 262 g/mol. The Hall–Kier alpha value is -2.27. The lowest BCUT2D eigenvalue weighted by molar-refractivity contribution is 0.0694. The van der Waals surface area contributed by atoms with Gasteiger partial charge in [-0.05, 0) is 30.3 Å². The Bertz CT molecular complexity index is 518. The van der Waals surface area contributed by atoms with E-state index in [0.717, 1.165) is 5.76 Å². The minimum Gasteiger partial charge on any atom is -0.491 e. The summed E-state index contributed by atoms with van der Waals surface area (Å²) in [5.41, 5.74) is 0.203. The Labute approximate surface area is 110 Å². The average Bonchev–Trinajstić information content (AvgIpc) is 2.92. The predicted octanol–water partition coefficient (Wildman–Crippen LogP) is 2.57.